The van der Waals surface area contributed by atoms with Crippen LogP contribution in [0.4, 0.5) is 0 Å². The number of rotatable bonds is 26. The second kappa shape index (κ2) is 22.4. The summed E-state index contributed by atoms with van der Waals surface area (Å²) >= 11 is 0. The summed E-state index contributed by atoms with van der Waals surface area (Å²) in [6.45, 7) is 4.68. The zero-order chi connectivity index (χ0) is 28.0. The van der Waals surface area contributed by atoms with Crippen molar-refractivity contribution in [3.05, 3.63) is 0 Å². The average molecular weight is 551 g/mol. The maximum Gasteiger partial charge on any atom is 0.469 e. The number of nitrogens with zero attached hydrogens (tertiary/aromatic N) is 1. The molecule has 0 saturated heterocycles. The van der Waals surface area contributed by atoms with E-state index in [1.165, 1.54) is 96.8 Å². The fourth-order valence-electron chi connectivity index (χ4n) is 4.80. The van der Waals surface area contributed by atoms with Crippen LogP contribution in [0, 0.1) is 5.92 Å². The van der Waals surface area contributed by atoms with E-state index >= 15 is 0 Å². The Bertz CT molecular complexity index is 589. The third-order valence-electron chi connectivity index (χ3n) is 6.99. The summed E-state index contributed by atoms with van der Waals surface area (Å²) in [4.78, 5) is 30.1. The Kier molecular flexibility index (Phi) is 22.1. The van der Waals surface area contributed by atoms with Crippen LogP contribution in [0.3, 0.4) is 0 Å². The molecule has 0 rings (SSSR count). The molecule has 8 heteroatoms. The smallest absolute Gasteiger partial charge is 0.466 e. The van der Waals surface area contributed by atoms with E-state index in [0.29, 0.717) is 17.3 Å². The number of hydrogen-bond acceptors (Lipinski definition) is 4. The molecule has 0 bridgehead atoms. The number of hydrogen-bond donors (Lipinski definition) is 2. The van der Waals surface area contributed by atoms with Crippen molar-refractivity contribution in [3.63, 3.8) is 0 Å². The normalized spacial score (nSPS) is 14.0. The van der Waals surface area contributed by atoms with Gasteiger partial charge in [-0.3, -0.25) is 9.32 Å². The van der Waals surface area contributed by atoms with E-state index < -0.39 is 13.9 Å². The zero-order valence-electron chi connectivity index (χ0n) is 24.9. The van der Waals surface area contributed by atoms with E-state index in [4.69, 9.17) is 9.26 Å². The first-order chi connectivity index (χ1) is 17.4. The molecule has 0 aromatic carbocycles. The highest BCUT2D eigenvalue weighted by Crippen LogP contribution is 2.40. The summed E-state index contributed by atoms with van der Waals surface area (Å²) in [5.41, 5.74) is 0. The standard InChI is InChI=1S/C29H60NO6P/c1-6-7-8-9-10-11-12-13-14-15-16-17-18-19-20-21-22-28(26-35-27(2)31)25-29(36-37(32,33)34)23-24-30(3,4)5/h28-29H,6-26H2,1-5H3,(H-,32,33,34)/p+1. The van der Waals surface area contributed by atoms with Crippen LogP contribution in [-0.4, -0.2) is 60.6 Å². The molecule has 0 aromatic heterocycles. The first-order valence-electron chi connectivity index (χ1n) is 15.1. The molecule has 0 heterocycles. The zero-order valence-corrected chi connectivity index (χ0v) is 25.8. The molecular formula is C29H61NO6P+. The Morgan fingerprint density at radius 1 is 0.757 bits per heavy atom. The van der Waals surface area contributed by atoms with Crippen molar-refractivity contribution >= 4 is 13.8 Å². The molecule has 222 valence electrons. The van der Waals surface area contributed by atoms with Gasteiger partial charge in [0.25, 0.3) is 0 Å². The predicted molar refractivity (Wildman–Crippen MR) is 153 cm³/mol. The van der Waals surface area contributed by atoms with Gasteiger partial charge in [-0.25, -0.2) is 4.57 Å². The van der Waals surface area contributed by atoms with E-state index in [9.17, 15) is 19.1 Å². The fourth-order valence-corrected chi connectivity index (χ4v) is 5.38. The SMILES string of the molecule is CCCCCCCCCCCCCCCCCCC(COC(C)=O)CC(CC[N+](C)(C)C)OP(=O)(O)O. The minimum absolute atomic E-state index is 0.0413. The van der Waals surface area contributed by atoms with Crippen molar-refractivity contribution in [3.8, 4) is 0 Å². The van der Waals surface area contributed by atoms with Gasteiger partial charge in [0, 0.05) is 13.3 Å². The molecular weight excluding hydrogens is 489 g/mol. The lowest BCUT2D eigenvalue weighted by Crippen LogP contribution is -2.37. The summed E-state index contributed by atoms with van der Waals surface area (Å²) in [5, 5.41) is 0. The molecule has 0 aliphatic heterocycles. The largest absolute Gasteiger partial charge is 0.469 e. The number of unbranched alkanes of at least 4 members (excludes halogenated alkanes) is 15. The summed E-state index contributed by atoms with van der Waals surface area (Å²) in [6.07, 6.45) is 22.5. The molecule has 0 spiro atoms. The van der Waals surface area contributed by atoms with Gasteiger partial charge in [-0.05, 0) is 18.8 Å². The van der Waals surface area contributed by atoms with Crippen molar-refractivity contribution in [1.82, 2.24) is 0 Å². The number of phosphoric acid groups is 1. The van der Waals surface area contributed by atoms with Crippen LogP contribution >= 0.6 is 7.82 Å². The maximum absolute atomic E-state index is 11.5. The van der Waals surface area contributed by atoms with Crippen LogP contribution in [0.25, 0.3) is 0 Å². The van der Waals surface area contributed by atoms with Crippen molar-refractivity contribution in [2.24, 2.45) is 5.92 Å². The maximum atomic E-state index is 11.5. The highest BCUT2D eigenvalue weighted by atomic mass is 31.2. The third kappa shape index (κ3) is 28.4. The average Bonchev–Trinajstić information content (AvgIpc) is 2.79. The van der Waals surface area contributed by atoms with Gasteiger partial charge in [0.1, 0.15) is 0 Å². The lowest BCUT2D eigenvalue weighted by Gasteiger charge is -2.28. The molecule has 0 aromatic rings. The van der Waals surface area contributed by atoms with Crippen molar-refractivity contribution in [2.45, 2.75) is 142 Å². The minimum Gasteiger partial charge on any atom is -0.466 e. The van der Waals surface area contributed by atoms with Gasteiger partial charge in [-0.15, -0.1) is 0 Å². The lowest BCUT2D eigenvalue weighted by atomic mass is 9.94. The molecule has 0 fully saturated rings. The van der Waals surface area contributed by atoms with E-state index in [1.54, 1.807) is 0 Å². The van der Waals surface area contributed by atoms with Crippen molar-refractivity contribution in [1.29, 1.82) is 0 Å². The van der Waals surface area contributed by atoms with Crippen molar-refractivity contribution in [2.75, 3.05) is 34.3 Å². The van der Waals surface area contributed by atoms with Gasteiger partial charge in [0.15, 0.2) is 0 Å². The summed E-state index contributed by atoms with van der Waals surface area (Å²) < 4.78 is 22.6. The number of phosphoric ester groups is 1. The monoisotopic (exact) mass is 550 g/mol. The Balaban J connectivity index is 4.12. The molecule has 0 amide bonds. The van der Waals surface area contributed by atoms with Gasteiger partial charge in [0.05, 0.1) is 40.4 Å². The van der Waals surface area contributed by atoms with Crippen LogP contribution in [0.2, 0.25) is 0 Å². The van der Waals surface area contributed by atoms with Crippen LogP contribution in [0.1, 0.15) is 136 Å². The molecule has 0 aliphatic carbocycles. The first-order valence-corrected chi connectivity index (χ1v) is 16.6. The van der Waals surface area contributed by atoms with Crippen molar-refractivity contribution < 1.29 is 32.9 Å². The van der Waals surface area contributed by atoms with Crippen LogP contribution in [0.5, 0.6) is 0 Å². The number of esters is 1. The topological polar surface area (TPSA) is 93.1 Å². The molecule has 7 nitrogen and oxygen atoms in total. The fraction of sp³-hybridized carbons (Fsp3) is 0.966. The van der Waals surface area contributed by atoms with E-state index in [2.05, 4.69) is 6.92 Å². The summed E-state index contributed by atoms with van der Waals surface area (Å²) in [7, 11) is 1.55. The number of carbonyl (C=O) groups is 1. The highest BCUT2D eigenvalue weighted by Gasteiger charge is 2.27. The van der Waals surface area contributed by atoms with Crippen LogP contribution < -0.4 is 0 Å². The number of quaternary nitrogens is 1. The highest BCUT2D eigenvalue weighted by molar-refractivity contribution is 7.46. The lowest BCUT2D eigenvalue weighted by molar-refractivity contribution is -0.870. The first kappa shape index (κ1) is 36.5. The Labute approximate surface area is 228 Å². The second-order valence-corrected chi connectivity index (χ2v) is 13.2. The summed E-state index contributed by atoms with van der Waals surface area (Å²) in [5.74, 6) is -0.282. The molecule has 2 unspecified atom stereocenters. The van der Waals surface area contributed by atoms with E-state index in [0.717, 1.165) is 25.8 Å². The number of ether oxygens (including phenoxy) is 1. The van der Waals surface area contributed by atoms with E-state index in [1.807, 2.05) is 21.1 Å². The Morgan fingerprint density at radius 3 is 1.57 bits per heavy atom. The Hall–Kier alpha value is -0.460. The van der Waals surface area contributed by atoms with E-state index in [-0.39, 0.29) is 18.5 Å². The third-order valence-corrected chi connectivity index (χ3v) is 7.57. The minimum atomic E-state index is -4.58. The predicted octanol–water partition coefficient (Wildman–Crippen LogP) is 7.78. The van der Waals surface area contributed by atoms with Gasteiger partial charge >= 0.3 is 13.8 Å². The number of carbonyl (C=O) groups excluding carboxylic acids is 1. The second-order valence-electron chi connectivity index (χ2n) is 12.0. The van der Waals surface area contributed by atoms with Crippen LogP contribution in [0.15, 0.2) is 0 Å². The van der Waals surface area contributed by atoms with Gasteiger partial charge in [0.2, 0.25) is 0 Å². The Morgan fingerprint density at radius 2 is 1.19 bits per heavy atom. The van der Waals surface area contributed by atoms with Crippen LogP contribution in [-0.2, 0) is 18.6 Å². The quantitative estimate of drug-likeness (QED) is 0.0494. The summed E-state index contributed by atoms with van der Waals surface area (Å²) in [6, 6.07) is 0. The molecule has 2 N–H and O–H groups in total. The molecule has 37 heavy (non-hydrogen) atoms. The van der Waals surface area contributed by atoms with Gasteiger partial charge in [-0.1, -0.05) is 110 Å². The molecule has 2 atom stereocenters. The molecule has 0 radical (unpaired) electrons. The van der Waals surface area contributed by atoms with Gasteiger partial charge in [-0.2, -0.15) is 0 Å². The molecule has 0 aliphatic rings. The molecule has 0 saturated carbocycles. The van der Waals surface area contributed by atoms with Gasteiger partial charge < -0.3 is 19.0 Å².